The lowest BCUT2D eigenvalue weighted by molar-refractivity contribution is 0.0690. The average Bonchev–Trinajstić information content (AvgIpc) is 2.75. The second kappa shape index (κ2) is 3.63. The van der Waals surface area contributed by atoms with Crippen molar-refractivity contribution < 1.29 is 14.3 Å². The molecule has 2 heterocycles. The quantitative estimate of drug-likeness (QED) is 0.719. The first-order valence-corrected chi connectivity index (χ1v) is 4.31. The number of carbonyl (C=O) groups is 1. The number of hydrogen-bond acceptors (Lipinski definition) is 4. The minimum Gasteiger partial charge on any atom is -0.476 e. The molecule has 0 fully saturated rings. The van der Waals surface area contributed by atoms with Crippen molar-refractivity contribution in [1.29, 1.82) is 0 Å². The summed E-state index contributed by atoms with van der Waals surface area (Å²) >= 11 is 0. The van der Waals surface area contributed by atoms with Gasteiger partial charge in [-0.25, -0.2) is 9.78 Å². The highest BCUT2D eigenvalue weighted by Crippen LogP contribution is 2.08. The lowest BCUT2D eigenvalue weighted by Gasteiger charge is -2.10. The standard InChI is InChI=1S/C9H10N2O3/c12-9(13)7-6-14-8(10-7)5-11-3-1-2-4-11/h1-2,6H,3-5H2,(H,12,13). The molecule has 1 aliphatic rings. The number of carboxylic acid groups (broad SMARTS) is 1. The summed E-state index contributed by atoms with van der Waals surface area (Å²) in [6.45, 7) is 2.29. The third-order valence-corrected chi connectivity index (χ3v) is 2.02. The zero-order valence-corrected chi connectivity index (χ0v) is 7.51. The van der Waals surface area contributed by atoms with Crippen LogP contribution >= 0.6 is 0 Å². The normalized spacial score (nSPS) is 16.3. The Kier molecular flexibility index (Phi) is 2.32. The van der Waals surface area contributed by atoms with Gasteiger partial charge in [-0.15, -0.1) is 0 Å². The SMILES string of the molecule is O=C(O)c1coc(CN2CC=CC2)n1. The van der Waals surface area contributed by atoms with Crippen molar-refractivity contribution in [3.05, 3.63) is 30.0 Å². The molecule has 5 heteroatoms. The molecule has 0 radical (unpaired) electrons. The molecule has 0 bridgehead atoms. The first-order chi connectivity index (χ1) is 6.75. The van der Waals surface area contributed by atoms with Crippen LogP contribution in [0, 0.1) is 0 Å². The minimum absolute atomic E-state index is 0.0350. The zero-order valence-electron chi connectivity index (χ0n) is 7.51. The van der Waals surface area contributed by atoms with Crippen molar-refractivity contribution in [2.75, 3.05) is 13.1 Å². The van der Waals surface area contributed by atoms with Gasteiger partial charge in [0, 0.05) is 13.1 Å². The molecule has 0 amide bonds. The van der Waals surface area contributed by atoms with Crippen LogP contribution in [0.15, 0.2) is 22.8 Å². The van der Waals surface area contributed by atoms with Gasteiger partial charge in [0.1, 0.15) is 6.26 Å². The zero-order chi connectivity index (χ0) is 9.97. The van der Waals surface area contributed by atoms with Gasteiger partial charge in [0.25, 0.3) is 0 Å². The van der Waals surface area contributed by atoms with Gasteiger partial charge in [-0.1, -0.05) is 12.2 Å². The van der Waals surface area contributed by atoms with Crippen LogP contribution < -0.4 is 0 Å². The largest absolute Gasteiger partial charge is 0.476 e. The second-order valence-electron chi connectivity index (χ2n) is 3.10. The van der Waals surface area contributed by atoms with Crippen LogP contribution in [0.5, 0.6) is 0 Å². The molecule has 0 aromatic carbocycles. The summed E-state index contributed by atoms with van der Waals surface area (Å²) in [5.41, 5.74) is -0.0350. The summed E-state index contributed by atoms with van der Waals surface area (Å²) in [4.78, 5) is 16.4. The van der Waals surface area contributed by atoms with E-state index in [0.717, 1.165) is 13.1 Å². The summed E-state index contributed by atoms with van der Waals surface area (Å²) in [5, 5.41) is 8.61. The highest BCUT2D eigenvalue weighted by molar-refractivity contribution is 5.84. The van der Waals surface area contributed by atoms with Crippen LogP contribution in [0.2, 0.25) is 0 Å². The molecule has 0 atom stereocenters. The Morgan fingerprint density at radius 2 is 2.29 bits per heavy atom. The smallest absolute Gasteiger partial charge is 0.357 e. The van der Waals surface area contributed by atoms with Gasteiger partial charge in [0.05, 0.1) is 6.54 Å². The molecule has 0 saturated heterocycles. The van der Waals surface area contributed by atoms with Gasteiger partial charge in [0.15, 0.2) is 5.69 Å². The van der Waals surface area contributed by atoms with E-state index < -0.39 is 5.97 Å². The number of aromatic carboxylic acids is 1. The van der Waals surface area contributed by atoms with Crippen molar-refractivity contribution in [2.45, 2.75) is 6.54 Å². The van der Waals surface area contributed by atoms with Gasteiger partial charge in [0.2, 0.25) is 5.89 Å². The van der Waals surface area contributed by atoms with Crippen LogP contribution in [0.1, 0.15) is 16.4 Å². The minimum atomic E-state index is -1.06. The number of oxazole rings is 1. The van der Waals surface area contributed by atoms with Gasteiger partial charge in [-0.3, -0.25) is 4.90 Å². The van der Waals surface area contributed by atoms with E-state index in [9.17, 15) is 4.79 Å². The Morgan fingerprint density at radius 1 is 1.57 bits per heavy atom. The summed E-state index contributed by atoms with van der Waals surface area (Å²) in [5.74, 6) is -0.606. The lowest BCUT2D eigenvalue weighted by atomic mass is 10.5. The summed E-state index contributed by atoms with van der Waals surface area (Å²) in [6.07, 6.45) is 5.28. The molecule has 5 nitrogen and oxygen atoms in total. The van der Waals surface area contributed by atoms with E-state index in [2.05, 4.69) is 22.0 Å². The fourth-order valence-electron chi connectivity index (χ4n) is 1.32. The maximum atomic E-state index is 10.5. The van der Waals surface area contributed by atoms with Gasteiger partial charge < -0.3 is 9.52 Å². The highest BCUT2D eigenvalue weighted by Gasteiger charge is 2.13. The molecule has 0 saturated carbocycles. The molecule has 1 aliphatic heterocycles. The van der Waals surface area contributed by atoms with E-state index in [-0.39, 0.29) is 5.69 Å². The monoisotopic (exact) mass is 194 g/mol. The van der Waals surface area contributed by atoms with Gasteiger partial charge in [-0.2, -0.15) is 0 Å². The van der Waals surface area contributed by atoms with Gasteiger partial charge in [-0.05, 0) is 0 Å². The Labute approximate surface area is 80.7 Å². The van der Waals surface area contributed by atoms with Crippen LogP contribution in [0.3, 0.4) is 0 Å². The maximum absolute atomic E-state index is 10.5. The summed E-state index contributed by atoms with van der Waals surface area (Å²) in [7, 11) is 0. The fraction of sp³-hybridized carbons (Fsp3) is 0.333. The molecule has 0 spiro atoms. The van der Waals surface area contributed by atoms with Crippen molar-refractivity contribution in [1.82, 2.24) is 9.88 Å². The topological polar surface area (TPSA) is 66.6 Å². The number of nitrogens with zero attached hydrogens (tertiary/aromatic N) is 2. The summed E-state index contributed by atoms with van der Waals surface area (Å²) < 4.78 is 5.03. The van der Waals surface area contributed by atoms with Crippen LogP contribution in [-0.2, 0) is 6.54 Å². The lowest BCUT2D eigenvalue weighted by Crippen LogP contribution is -2.19. The van der Waals surface area contributed by atoms with Crippen molar-refractivity contribution >= 4 is 5.97 Å². The van der Waals surface area contributed by atoms with Gasteiger partial charge >= 0.3 is 5.97 Å². The molecule has 0 unspecified atom stereocenters. The molecular formula is C9H10N2O3. The first kappa shape index (κ1) is 8.96. The van der Waals surface area contributed by atoms with E-state index in [0.29, 0.717) is 12.4 Å². The van der Waals surface area contributed by atoms with Crippen LogP contribution in [0.25, 0.3) is 0 Å². The van der Waals surface area contributed by atoms with Crippen molar-refractivity contribution in [3.8, 4) is 0 Å². The maximum Gasteiger partial charge on any atom is 0.357 e. The number of aromatic nitrogens is 1. The number of carboxylic acids is 1. The third kappa shape index (κ3) is 1.82. The van der Waals surface area contributed by atoms with E-state index in [1.165, 1.54) is 6.26 Å². The Hall–Kier alpha value is -1.62. The molecule has 1 aromatic rings. The predicted octanol–water partition coefficient (Wildman–Crippen LogP) is 0.745. The number of hydrogen-bond donors (Lipinski definition) is 1. The second-order valence-corrected chi connectivity index (χ2v) is 3.10. The molecule has 0 aliphatic carbocycles. The Bertz CT molecular complexity index is 362. The molecule has 14 heavy (non-hydrogen) atoms. The van der Waals surface area contributed by atoms with Crippen LogP contribution in [0.4, 0.5) is 0 Å². The van der Waals surface area contributed by atoms with E-state index in [1.807, 2.05) is 0 Å². The third-order valence-electron chi connectivity index (χ3n) is 2.02. The van der Waals surface area contributed by atoms with E-state index >= 15 is 0 Å². The molecule has 1 N–H and O–H groups in total. The molecule has 2 rings (SSSR count). The van der Waals surface area contributed by atoms with Crippen LogP contribution in [-0.4, -0.2) is 34.0 Å². The summed E-state index contributed by atoms with van der Waals surface area (Å²) in [6, 6.07) is 0. The average molecular weight is 194 g/mol. The molecule has 1 aromatic heterocycles. The predicted molar refractivity (Wildman–Crippen MR) is 47.9 cm³/mol. The highest BCUT2D eigenvalue weighted by atomic mass is 16.4. The van der Waals surface area contributed by atoms with Crippen molar-refractivity contribution in [2.24, 2.45) is 0 Å². The van der Waals surface area contributed by atoms with E-state index in [1.54, 1.807) is 0 Å². The molecular weight excluding hydrogens is 184 g/mol. The van der Waals surface area contributed by atoms with Crippen molar-refractivity contribution in [3.63, 3.8) is 0 Å². The van der Waals surface area contributed by atoms with E-state index in [4.69, 9.17) is 9.52 Å². The number of rotatable bonds is 3. The Morgan fingerprint density at radius 3 is 2.86 bits per heavy atom. The molecule has 74 valence electrons. The Balaban J connectivity index is 1.99. The fourth-order valence-corrected chi connectivity index (χ4v) is 1.32. The first-order valence-electron chi connectivity index (χ1n) is 4.31.